The number of likely N-dealkylation sites (N-methyl/N-ethyl adjacent to an activating group) is 1. The smallest absolute Gasteiger partial charge is 0.260 e. The van der Waals surface area contributed by atoms with Gasteiger partial charge in [-0.3, -0.25) is 4.79 Å². The molecular weight excluding hydrogens is 228 g/mol. The van der Waals surface area contributed by atoms with Crippen molar-refractivity contribution >= 4 is 23.2 Å². The molecule has 4 nitrogen and oxygen atoms in total. The predicted octanol–water partition coefficient (Wildman–Crippen LogP) is 1.83. The number of nitrogens with one attached hydrogen (secondary N) is 1. The monoisotopic (exact) mass is 242 g/mol. The number of amides is 1. The van der Waals surface area contributed by atoms with Crippen molar-refractivity contribution in [3.63, 3.8) is 0 Å². The highest BCUT2D eigenvalue weighted by molar-refractivity contribution is 6.33. The van der Waals surface area contributed by atoms with Crippen LogP contribution in [0.1, 0.15) is 13.8 Å². The van der Waals surface area contributed by atoms with Crippen molar-refractivity contribution in [1.29, 1.82) is 0 Å². The molecule has 1 aromatic rings. The van der Waals surface area contributed by atoms with Crippen molar-refractivity contribution in [2.24, 2.45) is 0 Å². The van der Waals surface area contributed by atoms with Gasteiger partial charge in [0, 0.05) is 12.6 Å². The van der Waals surface area contributed by atoms with Gasteiger partial charge in [-0.2, -0.15) is 0 Å². The second-order valence-electron chi connectivity index (χ2n) is 3.34. The average molecular weight is 243 g/mol. The number of benzene rings is 1. The number of ether oxygens (including phenoxy) is 1. The third-order valence-electron chi connectivity index (χ3n) is 2.01. The molecule has 5 heteroatoms. The number of anilines is 1. The summed E-state index contributed by atoms with van der Waals surface area (Å²) in [6.07, 6.45) is -0.556. The Labute approximate surface area is 99.7 Å². The maximum absolute atomic E-state index is 11.4. The Morgan fingerprint density at radius 1 is 1.62 bits per heavy atom. The summed E-state index contributed by atoms with van der Waals surface area (Å²) in [4.78, 5) is 11.4. The Kier molecular flexibility index (Phi) is 4.43. The van der Waals surface area contributed by atoms with Gasteiger partial charge in [0.1, 0.15) is 5.75 Å². The predicted molar refractivity (Wildman–Crippen MR) is 64.6 cm³/mol. The number of carbonyl (C=O) groups is 1. The minimum atomic E-state index is -0.556. The molecule has 0 fully saturated rings. The summed E-state index contributed by atoms with van der Waals surface area (Å²) in [7, 11) is 0. The number of nitrogens with two attached hydrogens (primary N) is 1. The molecule has 1 aromatic carbocycles. The molecule has 0 saturated heterocycles. The molecule has 1 amide bonds. The van der Waals surface area contributed by atoms with E-state index in [0.29, 0.717) is 23.0 Å². The van der Waals surface area contributed by atoms with Gasteiger partial charge in [-0.05, 0) is 26.0 Å². The lowest BCUT2D eigenvalue weighted by molar-refractivity contribution is -0.127. The van der Waals surface area contributed by atoms with Gasteiger partial charge in [0.15, 0.2) is 6.10 Å². The Hall–Kier alpha value is -1.42. The van der Waals surface area contributed by atoms with E-state index in [-0.39, 0.29) is 5.91 Å². The molecule has 1 unspecified atom stereocenters. The molecule has 0 radical (unpaired) electrons. The third-order valence-corrected chi connectivity index (χ3v) is 2.33. The fourth-order valence-corrected chi connectivity index (χ4v) is 1.33. The Bertz CT molecular complexity index is 382. The number of carbonyl (C=O) groups excluding carboxylic acids is 1. The zero-order valence-corrected chi connectivity index (χ0v) is 10.0. The van der Waals surface area contributed by atoms with E-state index >= 15 is 0 Å². The van der Waals surface area contributed by atoms with Crippen LogP contribution in [0.15, 0.2) is 18.2 Å². The minimum Gasteiger partial charge on any atom is -0.481 e. The molecule has 88 valence electrons. The van der Waals surface area contributed by atoms with Crippen molar-refractivity contribution in [3.8, 4) is 5.75 Å². The van der Waals surface area contributed by atoms with Crippen LogP contribution >= 0.6 is 11.6 Å². The minimum absolute atomic E-state index is 0.157. The molecule has 0 bridgehead atoms. The molecule has 1 atom stereocenters. The quantitative estimate of drug-likeness (QED) is 0.792. The molecule has 3 N–H and O–H groups in total. The van der Waals surface area contributed by atoms with Crippen LogP contribution in [0.5, 0.6) is 5.75 Å². The molecule has 0 saturated carbocycles. The fourth-order valence-electron chi connectivity index (χ4n) is 1.16. The average Bonchev–Trinajstić information content (AvgIpc) is 2.24. The number of rotatable bonds is 4. The van der Waals surface area contributed by atoms with Gasteiger partial charge in [0.25, 0.3) is 5.91 Å². The summed E-state index contributed by atoms with van der Waals surface area (Å²) in [6, 6.07) is 4.91. The van der Waals surface area contributed by atoms with E-state index in [0.717, 1.165) is 0 Å². The Balaban J connectivity index is 2.66. The van der Waals surface area contributed by atoms with Crippen LogP contribution in [0.3, 0.4) is 0 Å². The van der Waals surface area contributed by atoms with Crippen LogP contribution < -0.4 is 15.8 Å². The van der Waals surface area contributed by atoms with E-state index in [9.17, 15) is 4.79 Å². The van der Waals surface area contributed by atoms with E-state index in [2.05, 4.69) is 5.32 Å². The summed E-state index contributed by atoms with van der Waals surface area (Å²) < 4.78 is 5.41. The highest BCUT2D eigenvalue weighted by Gasteiger charge is 2.13. The second kappa shape index (κ2) is 5.61. The SMILES string of the molecule is CCNC(=O)C(C)Oc1ccc(N)c(Cl)c1. The standard InChI is InChI=1S/C11H15ClN2O2/c1-3-14-11(15)7(2)16-8-4-5-10(13)9(12)6-8/h4-7H,3,13H2,1-2H3,(H,14,15). The van der Waals surface area contributed by atoms with Crippen LogP contribution in [-0.4, -0.2) is 18.6 Å². The van der Waals surface area contributed by atoms with Crippen molar-refractivity contribution in [2.75, 3.05) is 12.3 Å². The first kappa shape index (κ1) is 12.6. The number of nitrogen functional groups attached to an aromatic ring is 1. The lowest BCUT2D eigenvalue weighted by atomic mass is 10.3. The van der Waals surface area contributed by atoms with E-state index in [1.165, 1.54) is 0 Å². The Morgan fingerprint density at radius 2 is 2.31 bits per heavy atom. The molecule has 0 aliphatic rings. The van der Waals surface area contributed by atoms with Gasteiger partial charge < -0.3 is 15.8 Å². The first-order valence-electron chi connectivity index (χ1n) is 5.04. The van der Waals surface area contributed by atoms with Crippen LogP contribution in [0.2, 0.25) is 5.02 Å². The first-order chi connectivity index (χ1) is 7.54. The van der Waals surface area contributed by atoms with Crippen molar-refractivity contribution < 1.29 is 9.53 Å². The highest BCUT2D eigenvalue weighted by Crippen LogP contribution is 2.24. The molecule has 0 spiro atoms. The molecule has 1 rings (SSSR count). The van der Waals surface area contributed by atoms with Crippen molar-refractivity contribution in [3.05, 3.63) is 23.2 Å². The molecule has 0 aliphatic carbocycles. The fraction of sp³-hybridized carbons (Fsp3) is 0.364. The van der Waals surface area contributed by atoms with E-state index in [4.69, 9.17) is 22.1 Å². The van der Waals surface area contributed by atoms with Crippen LogP contribution in [0, 0.1) is 0 Å². The van der Waals surface area contributed by atoms with E-state index in [1.807, 2.05) is 6.92 Å². The molecular formula is C11H15ClN2O2. The van der Waals surface area contributed by atoms with Gasteiger partial charge >= 0.3 is 0 Å². The van der Waals surface area contributed by atoms with Crippen LogP contribution in [0.25, 0.3) is 0 Å². The summed E-state index contributed by atoms with van der Waals surface area (Å²) in [5.41, 5.74) is 6.05. The highest BCUT2D eigenvalue weighted by atomic mass is 35.5. The zero-order valence-electron chi connectivity index (χ0n) is 9.29. The van der Waals surface area contributed by atoms with E-state index < -0.39 is 6.10 Å². The summed E-state index contributed by atoms with van der Waals surface area (Å²) in [6.45, 7) is 4.11. The lowest BCUT2D eigenvalue weighted by Crippen LogP contribution is -2.36. The first-order valence-corrected chi connectivity index (χ1v) is 5.41. The van der Waals surface area contributed by atoms with Gasteiger partial charge in [-0.25, -0.2) is 0 Å². The van der Waals surface area contributed by atoms with Crippen molar-refractivity contribution in [1.82, 2.24) is 5.32 Å². The summed E-state index contributed by atoms with van der Waals surface area (Å²) in [5.74, 6) is 0.369. The van der Waals surface area contributed by atoms with Gasteiger partial charge in [-0.15, -0.1) is 0 Å². The number of hydrogen-bond acceptors (Lipinski definition) is 3. The Morgan fingerprint density at radius 3 is 2.88 bits per heavy atom. The third kappa shape index (κ3) is 3.31. The maximum Gasteiger partial charge on any atom is 0.260 e. The number of halogens is 1. The van der Waals surface area contributed by atoms with Crippen LogP contribution in [0.4, 0.5) is 5.69 Å². The molecule has 0 heterocycles. The normalized spacial score (nSPS) is 11.9. The maximum atomic E-state index is 11.4. The largest absolute Gasteiger partial charge is 0.481 e. The lowest BCUT2D eigenvalue weighted by Gasteiger charge is -2.14. The van der Waals surface area contributed by atoms with Gasteiger partial charge in [0.2, 0.25) is 0 Å². The van der Waals surface area contributed by atoms with E-state index in [1.54, 1.807) is 25.1 Å². The summed E-state index contributed by atoms with van der Waals surface area (Å²) in [5, 5.41) is 3.09. The second-order valence-corrected chi connectivity index (χ2v) is 3.75. The molecule has 0 aromatic heterocycles. The van der Waals surface area contributed by atoms with Gasteiger partial charge in [-0.1, -0.05) is 11.6 Å². The number of hydrogen-bond donors (Lipinski definition) is 2. The molecule has 0 aliphatic heterocycles. The van der Waals surface area contributed by atoms with Crippen LogP contribution in [-0.2, 0) is 4.79 Å². The summed E-state index contributed by atoms with van der Waals surface area (Å²) >= 11 is 5.83. The topological polar surface area (TPSA) is 64.3 Å². The van der Waals surface area contributed by atoms with Gasteiger partial charge in [0.05, 0.1) is 10.7 Å². The molecule has 16 heavy (non-hydrogen) atoms. The van der Waals surface area contributed by atoms with Crippen molar-refractivity contribution in [2.45, 2.75) is 20.0 Å². The zero-order chi connectivity index (χ0) is 12.1.